The van der Waals surface area contributed by atoms with E-state index in [9.17, 15) is 31.5 Å². The second-order valence-electron chi connectivity index (χ2n) is 9.08. The molecule has 0 saturated carbocycles. The Kier molecular flexibility index (Phi) is 6.13. The number of nitrogens with zero attached hydrogens (tertiary/aromatic N) is 2. The number of aromatic nitrogens is 2. The highest BCUT2D eigenvalue weighted by molar-refractivity contribution is 6.31. The Bertz CT molecular complexity index is 1630. The average molecular weight is 549 g/mol. The summed E-state index contributed by atoms with van der Waals surface area (Å²) >= 11 is 6.32. The van der Waals surface area contributed by atoms with Gasteiger partial charge in [0.1, 0.15) is 11.6 Å². The van der Waals surface area contributed by atoms with Crippen molar-refractivity contribution < 1.29 is 31.5 Å². The van der Waals surface area contributed by atoms with Gasteiger partial charge in [0.25, 0.3) is 11.8 Å². The molecule has 2 heterocycles. The summed E-state index contributed by atoms with van der Waals surface area (Å²) in [5, 5.41) is 10.2. The number of hydrogen-bond donors (Lipinski definition) is 2. The standard InChI is InChI=1S/C26H18ClF5N4O2/c1-11(2)36-20-9-19(34-24(37)12-5-13(26(30,31)32)7-15(29)6-12)22-21(17(20)10-33-36)25(38)35-23(22)16-8-14(28)3-4-18(16)27/h3-11,23H,1-2H3,(H,34,37)(H,35,38)/t23-/m0/s1. The van der Waals surface area contributed by atoms with E-state index in [1.54, 1.807) is 4.68 Å². The van der Waals surface area contributed by atoms with Crippen molar-refractivity contribution in [1.29, 1.82) is 0 Å². The number of alkyl halides is 3. The van der Waals surface area contributed by atoms with Crippen molar-refractivity contribution in [2.24, 2.45) is 0 Å². The second kappa shape index (κ2) is 9.09. The van der Waals surface area contributed by atoms with Crippen LogP contribution in [-0.4, -0.2) is 21.6 Å². The second-order valence-corrected chi connectivity index (χ2v) is 9.49. The number of nitrogens with one attached hydrogen (secondary N) is 2. The quantitative estimate of drug-likeness (QED) is 0.280. The molecular formula is C26H18ClF5N4O2. The Morgan fingerprint density at radius 1 is 1.11 bits per heavy atom. The molecule has 5 rings (SSSR count). The number of carbonyl (C=O) groups excluding carboxylic acids is 2. The van der Waals surface area contributed by atoms with Gasteiger partial charge in [-0.2, -0.15) is 18.3 Å². The lowest BCUT2D eigenvalue weighted by Gasteiger charge is -2.19. The molecule has 0 spiro atoms. The van der Waals surface area contributed by atoms with E-state index < -0.39 is 46.8 Å². The van der Waals surface area contributed by atoms with Gasteiger partial charge in [0.05, 0.1) is 28.9 Å². The van der Waals surface area contributed by atoms with Gasteiger partial charge in [-0.25, -0.2) is 8.78 Å². The molecule has 0 unspecified atom stereocenters. The molecule has 0 saturated heterocycles. The monoisotopic (exact) mass is 548 g/mol. The molecule has 1 atom stereocenters. The highest BCUT2D eigenvalue weighted by Crippen LogP contribution is 2.43. The van der Waals surface area contributed by atoms with E-state index in [1.807, 2.05) is 13.8 Å². The Balaban J connectivity index is 1.70. The molecule has 1 aliphatic heterocycles. The van der Waals surface area contributed by atoms with Crippen molar-refractivity contribution in [1.82, 2.24) is 15.1 Å². The zero-order chi connectivity index (χ0) is 27.5. The maximum atomic E-state index is 14.1. The Labute approximate surface area is 217 Å². The maximum Gasteiger partial charge on any atom is 0.416 e. The van der Waals surface area contributed by atoms with Crippen LogP contribution in [0.3, 0.4) is 0 Å². The lowest BCUT2D eigenvalue weighted by molar-refractivity contribution is -0.137. The van der Waals surface area contributed by atoms with E-state index in [0.717, 1.165) is 12.1 Å². The first kappa shape index (κ1) is 25.7. The fraction of sp³-hybridized carbons (Fsp3) is 0.192. The highest BCUT2D eigenvalue weighted by atomic mass is 35.5. The SMILES string of the molecule is CC(C)n1ncc2c3c(c(NC(=O)c4cc(F)cc(C(F)(F)F)c4)cc21)[C@H](c1cc(F)ccc1Cl)NC3=O. The minimum absolute atomic E-state index is 0.0430. The number of anilines is 1. The van der Waals surface area contributed by atoms with Gasteiger partial charge in [-0.3, -0.25) is 14.3 Å². The average Bonchev–Trinajstić information content (AvgIpc) is 3.41. The van der Waals surface area contributed by atoms with Crippen molar-refractivity contribution in [3.8, 4) is 0 Å². The van der Waals surface area contributed by atoms with E-state index >= 15 is 0 Å². The molecule has 2 N–H and O–H groups in total. The molecule has 4 aromatic rings. The first-order chi connectivity index (χ1) is 17.8. The summed E-state index contributed by atoms with van der Waals surface area (Å²) in [5.41, 5.74) is -0.838. The molecule has 0 radical (unpaired) electrons. The molecule has 12 heteroatoms. The first-order valence-electron chi connectivity index (χ1n) is 11.3. The van der Waals surface area contributed by atoms with Crippen molar-refractivity contribution in [3.63, 3.8) is 0 Å². The van der Waals surface area contributed by atoms with Crippen LogP contribution >= 0.6 is 11.6 Å². The number of halogens is 6. The molecule has 0 aliphatic carbocycles. The van der Waals surface area contributed by atoms with Gasteiger partial charge in [0.15, 0.2) is 0 Å². The maximum absolute atomic E-state index is 14.1. The third-order valence-corrected chi connectivity index (χ3v) is 6.57. The van der Waals surface area contributed by atoms with E-state index in [2.05, 4.69) is 15.7 Å². The fourth-order valence-corrected chi connectivity index (χ4v) is 4.81. The normalized spacial score (nSPS) is 15.2. The summed E-state index contributed by atoms with van der Waals surface area (Å²) in [6.45, 7) is 3.69. The van der Waals surface area contributed by atoms with Crippen LogP contribution in [0.4, 0.5) is 27.6 Å². The minimum Gasteiger partial charge on any atom is -0.341 e. The molecule has 1 aromatic heterocycles. The fourth-order valence-electron chi connectivity index (χ4n) is 4.59. The molecule has 1 aliphatic rings. The van der Waals surface area contributed by atoms with Gasteiger partial charge in [0.2, 0.25) is 0 Å². The van der Waals surface area contributed by atoms with Crippen LogP contribution < -0.4 is 10.6 Å². The van der Waals surface area contributed by atoms with E-state index in [4.69, 9.17) is 11.6 Å². The molecule has 196 valence electrons. The molecule has 38 heavy (non-hydrogen) atoms. The smallest absolute Gasteiger partial charge is 0.341 e. The Morgan fingerprint density at radius 3 is 2.53 bits per heavy atom. The molecular weight excluding hydrogens is 531 g/mol. The molecule has 0 bridgehead atoms. The van der Waals surface area contributed by atoms with Crippen LogP contribution in [0, 0.1) is 11.6 Å². The van der Waals surface area contributed by atoms with Crippen LogP contribution in [0.15, 0.2) is 48.7 Å². The van der Waals surface area contributed by atoms with E-state index in [0.29, 0.717) is 23.0 Å². The van der Waals surface area contributed by atoms with Gasteiger partial charge < -0.3 is 10.6 Å². The zero-order valence-electron chi connectivity index (χ0n) is 19.8. The van der Waals surface area contributed by atoms with Gasteiger partial charge in [-0.05, 0) is 56.3 Å². The predicted octanol–water partition coefficient (Wildman–Crippen LogP) is 6.65. The number of benzene rings is 3. The third kappa shape index (κ3) is 4.36. The molecule has 3 aromatic carbocycles. The number of amides is 2. The van der Waals surface area contributed by atoms with Crippen molar-refractivity contribution in [2.75, 3.05) is 5.32 Å². The third-order valence-electron chi connectivity index (χ3n) is 6.23. The summed E-state index contributed by atoms with van der Waals surface area (Å²) in [6.07, 6.45) is -3.40. The summed E-state index contributed by atoms with van der Waals surface area (Å²) in [4.78, 5) is 26.3. The van der Waals surface area contributed by atoms with E-state index in [-0.39, 0.29) is 39.5 Å². The lowest BCUT2D eigenvalue weighted by Crippen LogP contribution is -2.21. The van der Waals surface area contributed by atoms with Crippen molar-refractivity contribution in [3.05, 3.63) is 93.1 Å². The van der Waals surface area contributed by atoms with Crippen LogP contribution in [0.5, 0.6) is 0 Å². The molecule has 2 amide bonds. The van der Waals surface area contributed by atoms with Crippen molar-refractivity contribution in [2.45, 2.75) is 32.1 Å². The van der Waals surface area contributed by atoms with Crippen LogP contribution in [-0.2, 0) is 6.18 Å². The minimum atomic E-state index is -4.88. The topological polar surface area (TPSA) is 76.0 Å². The van der Waals surface area contributed by atoms with Gasteiger partial charge in [0, 0.05) is 38.8 Å². The van der Waals surface area contributed by atoms with Gasteiger partial charge in [-0.15, -0.1) is 0 Å². The zero-order valence-corrected chi connectivity index (χ0v) is 20.5. The Hall–Kier alpha value is -3.99. The molecule has 6 nitrogen and oxygen atoms in total. The van der Waals surface area contributed by atoms with Crippen LogP contribution in [0.25, 0.3) is 10.9 Å². The summed E-state index contributed by atoms with van der Waals surface area (Å²) in [6, 6.07) is 5.45. The lowest BCUT2D eigenvalue weighted by atomic mass is 9.94. The number of hydrogen-bond acceptors (Lipinski definition) is 3. The van der Waals surface area contributed by atoms with E-state index in [1.165, 1.54) is 18.3 Å². The van der Waals surface area contributed by atoms with Crippen LogP contribution in [0.1, 0.15) is 63.3 Å². The molecule has 0 fully saturated rings. The first-order valence-corrected chi connectivity index (χ1v) is 11.7. The number of carbonyl (C=O) groups is 2. The number of rotatable bonds is 4. The highest BCUT2D eigenvalue weighted by Gasteiger charge is 2.37. The number of fused-ring (bicyclic) bond motifs is 3. The van der Waals surface area contributed by atoms with Gasteiger partial charge in [-0.1, -0.05) is 11.6 Å². The van der Waals surface area contributed by atoms with Crippen LogP contribution in [0.2, 0.25) is 5.02 Å². The Morgan fingerprint density at radius 2 is 1.84 bits per heavy atom. The summed E-state index contributed by atoms with van der Waals surface area (Å²) in [5.74, 6) is -3.45. The summed E-state index contributed by atoms with van der Waals surface area (Å²) in [7, 11) is 0. The predicted molar refractivity (Wildman–Crippen MR) is 130 cm³/mol. The van der Waals surface area contributed by atoms with Crippen molar-refractivity contribution >= 4 is 40.0 Å². The summed E-state index contributed by atoms with van der Waals surface area (Å²) < 4.78 is 69.4. The van der Waals surface area contributed by atoms with Gasteiger partial charge >= 0.3 is 6.18 Å². The largest absolute Gasteiger partial charge is 0.416 e.